The van der Waals surface area contributed by atoms with E-state index >= 15 is 0 Å². The third kappa shape index (κ3) is 3.29. The second kappa shape index (κ2) is 7.68. The molecular formula is C22H23N3O3. The quantitative estimate of drug-likeness (QED) is 0.743. The van der Waals surface area contributed by atoms with Crippen LogP contribution in [-0.2, 0) is 6.54 Å². The van der Waals surface area contributed by atoms with E-state index < -0.39 is 0 Å². The number of carbonyl (C=O) groups is 1. The summed E-state index contributed by atoms with van der Waals surface area (Å²) in [6.07, 6.45) is 2.06. The van der Waals surface area contributed by atoms with E-state index in [1.54, 1.807) is 32.4 Å². The topological polar surface area (TPSA) is 55.7 Å². The first-order valence-corrected chi connectivity index (χ1v) is 9.21. The van der Waals surface area contributed by atoms with E-state index in [9.17, 15) is 4.79 Å². The van der Waals surface area contributed by atoms with Gasteiger partial charge in [-0.3, -0.25) is 0 Å². The Morgan fingerprint density at radius 3 is 2.57 bits per heavy atom. The number of rotatable bonds is 4. The minimum absolute atomic E-state index is 0.144. The molecule has 0 spiro atoms. The van der Waals surface area contributed by atoms with Gasteiger partial charge in [0.25, 0.3) is 0 Å². The van der Waals surface area contributed by atoms with Crippen molar-refractivity contribution in [1.29, 1.82) is 0 Å². The van der Waals surface area contributed by atoms with Crippen molar-refractivity contribution in [1.82, 2.24) is 9.47 Å². The minimum atomic E-state index is -0.162. The fourth-order valence-corrected chi connectivity index (χ4v) is 3.68. The first-order valence-electron chi connectivity index (χ1n) is 9.21. The maximum atomic E-state index is 13.2. The molecule has 2 heterocycles. The van der Waals surface area contributed by atoms with Crippen LogP contribution in [0.15, 0.2) is 66.9 Å². The van der Waals surface area contributed by atoms with E-state index in [4.69, 9.17) is 9.47 Å². The van der Waals surface area contributed by atoms with Gasteiger partial charge in [0.05, 0.1) is 25.9 Å². The van der Waals surface area contributed by atoms with Gasteiger partial charge in [-0.25, -0.2) is 4.79 Å². The van der Waals surface area contributed by atoms with Crippen LogP contribution in [0.1, 0.15) is 17.3 Å². The molecule has 28 heavy (non-hydrogen) atoms. The van der Waals surface area contributed by atoms with E-state index in [1.165, 1.54) is 0 Å². The summed E-state index contributed by atoms with van der Waals surface area (Å²) in [5, 5.41) is 3.00. The van der Waals surface area contributed by atoms with Gasteiger partial charge in [-0.1, -0.05) is 30.3 Å². The van der Waals surface area contributed by atoms with Crippen molar-refractivity contribution in [2.45, 2.75) is 12.6 Å². The normalized spacial score (nSPS) is 15.6. The van der Waals surface area contributed by atoms with Gasteiger partial charge < -0.3 is 24.3 Å². The Hall–Kier alpha value is -3.41. The van der Waals surface area contributed by atoms with E-state index in [2.05, 4.69) is 34.3 Å². The van der Waals surface area contributed by atoms with Crippen molar-refractivity contribution in [3.8, 4) is 11.5 Å². The van der Waals surface area contributed by atoms with Gasteiger partial charge in [0.1, 0.15) is 11.5 Å². The molecule has 0 saturated carbocycles. The Morgan fingerprint density at radius 2 is 1.82 bits per heavy atom. The van der Waals surface area contributed by atoms with E-state index in [0.717, 1.165) is 17.8 Å². The van der Waals surface area contributed by atoms with E-state index in [1.807, 2.05) is 29.2 Å². The molecule has 6 heteroatoms. The Labute approximate surface area is 164 Å². The molecule has 1 atom stereocenters. The van der Waals surface area contributed by atoms with Gasteiger partial charge in [-0.05, 0) is 29.8 Å². The van der Waals surface area contributed by atoms with Gasteiger partial charge in [0, 0.05) is 31.0 Å². The summed E-state index contributed by atoms with van der Waals surface area (Å²) in [7, 11) is 3.17. The predicted octanol–water partition coefficient (Wildman–Crippen LogP) is 4.14. The monoisotopic (exact) mass is 377 g/mol. The molecule has 4 rings (SSSR count). The summed E-state index contributed by atoms with van der Waals surface area (Å²) in [6.45, 7) is 1.38. The fraction of sp³-hybridized carbons (Fsp3) is 0.227. The van der Waals surface area contributed by atoms with Crippen LogP contribution in [0.5, 0.6) is 11.5 Å². The third-order valence-electron chi connectivity index (χ3n) is 5.06. The third-order valence-corrected chi connectivity index (χ3v) is 5.06. The van der Waals surface area contributed by atoms with Crippen molar-refractivity contribution in [3.63, 3.8) is 0 Å². The highest BCUT2D eigenvalue weighted by Gasteiger charge is 2.32. The highest BCUT2D eigenvalue weighted by atomic mass is 16.5. The lowest BCUT2D eigenvalue weighted by atomic mass is 10.0. The number of nitrogens with one attached hydrogen (secondary N) is 1. The molecule has 1 N–H and O–H groups in total. The number of methoxy groups -OCH3 is 2. The standard InChI is InChI=1S/C22H23N3O3/c1-27-17-10-11-18(20(15-17)28-2)23-22(26)25-14-13-24-12-6-9-19(24)21(25)16-7-4-3-5-8-16/h3-12,15,21H,13-14H2,1-2H3,(H,23,26). The van der Waals surface area contributed by atoms with Crippen molar-refractivity contribution >= 4 is 11.7 Å². The van der Waals surface area contributed by atoms with Gasteiger partial charge in [0.15, 0.2) is 0 Å². The highest BCUT2D eigenvalue weighted by Crippen LogP contribution is 2.34. The summed E-state index contributed by atoms with van der Waals surface area (Å²) in [6, 6.07) is 19.2. The molecule has 1 unspecified atom stereocenters. The lowest BCUT2D eigenvalue weighted by molar-refractivity contribution is 0.181. The van der Waals surface area contributed by atoms with Crippen LogP contribution in [0, 0.1) is 0 Å². The van der Waals surface area contributed by atoms with Gasteiger partial charge >= 0.3 is 6.03 Å². The Balaban J connectivity index is 1.65. The molecule has 144 valence electrons. The number of ether oxygens (including phenoxy) is 2. The number of hydrogen-bond donors (Lipinski definition) is 1. The zero-order valence-corrected chi connectivity index (χ0v) is 16.0. The summed E-state index contributed by atoms with van der Waals surface area (Å²) in [4.78, 5) is 15.1. The number of aromatic nitrogens is 1. The molecule has 0 bridgehead atoms. The number of fused-ring (bicyclic) bond motifs is 1. The largest absolute Gasteiger partial charge is 0.497 e. The second-order valence-electron chi connectivity index (χ2n) is 6.63. The summed E-state index contributed by atoms with van der Waals surface area (Å²) in [5.41, 5.74) is 2.80. The molecule has 0 radical (unpaired) electrons. The first kappa shape index (κ1) is 18.0. The van der Waals surface area contributed by atoms with Crippen LogP contribution in [0.4, 0.5) is 10.5 Å². The lowest BCUT2D eigenvalue weighted by Crippen LogP contribution is -2.44. The Kier molecular flexibility index (Phi) is 4.93. The van der Waals surface area contributed by atoms with Gasteiger partial charge in [-0.15, -0.1) is 0 Å². The van der Waals surface area contributed by atoms with Crippen molar-refractivity contribution < 1.29 is 14.3 Å². The molecule has 2 amide bonds. The van der Waals surface area contributed by atoms with Crippen LogP contribution >= 0.6 is 0 Å². The van der Waals surface area contributed by atoms with Crippen LogP contribution in [0.3, 0.4) is 0 Å². The maximum absolute atomic E-state index is 13.2. The van der Waals surface area contributed by atoms with E-state index in [-0.39, 0.29) is 12.1 Å². The zero-order chi connectivity index (χ0) is 19.5. The molecule has 0 saturated heterocycles. The molecule has 0 fully saturated rings. The number of anilines is 1. The van der Waals surface area contributed by atoms with Crippen LogP contribution in [0.2, 0.25) is 0 Å². The Morgan fingerprint density at radius 1 is 1.00 bits per heavy atom. The number of benzene rings is 2. The fourth-order valence-electron chi connectivity index (χ4n) is 3.68. The van der Waals surface area contributed by atoms with Crippen LogP contribution in [-0.4, -0.2) is 36.3 Å². The number of amides is 2. The Bertz CT molecular complexity index is 968. The van der Waals surface area contributed by atoms with E-state index in [0.29, 0.717) is 23.7 Å². The predicted molar refractivity (Wildman–Crippen MR) is 108 cm³/mol. The van der Waals surface area contributed by atoms with Crippen molar-refractivity contribution in [3.05, 3.63) is 78.1 Å². The molecule has 6 nitrogen and oxygen atoms in total. The first-order chi connectivity index (χ1) is 13.7. The maximum Gasteiger partial charge on any atom is 0.322 e. The molecule has 2 aromatic carbocycles. The summed E-state index contributed by atoms with van der Waals surface area (Å²) >= 11 is 0. The van der Waals surface area contributed by atoms with Gasteiger partial charge in [0.2, 0.25) is 0 Å². The molecular weight excluding hydrogens is 354 g/mol. The second-order valence-corrected chi connectivity index (χ2v) is 6.63. The number of nitrogens with zero attached hydrogens (tertiary/aromatic N) is 2. The lowest BCUT2D eigenvalue weighted by Gasteiger charge is -2.37. The number of urea groups is 1. The molecule has 1 aliphatic heterocycles. The SMILES string of the molecule is COc1ccc(NC(=O)N2CCn3cccc3C2c2ccccc2)c(OC)c1. The molecule has 3 aromatic rings. The average molecular weight is 377 g/mol. The van der Waals surface area contributed by atoms with Crippen LogP contribution in [0.25, 0.3) is 0 Å². The minimum Gasteiger partial charge on any atom is -0.497 e. The van der Waals surface area contributed by atoms with Crippen molar-refractivity contribution in [2.24, 2.45) is 0 Å². The van der Waals surface area contributed by atoms with Crippen LogP contribution < -0.4 is 14.8 Å². The summed E-state index contributed by atoms with van der Waals surface area (Å²) < 4.78 is 12.8. The molecule has 1 aromatic heterocycles. The summed E-state index contributed by atoms with van der Waals surface area (Å²) in [5.74, 6) is 1.23. The average Bonchev–Trinajstić information content (AvgIpc) is 3.22. The van der Waals surface area contributed by atoms with Gasteiger partial charge in [-0.2, -0.15) is 0 Å². The number of carbonyl (C=O) groups excluding carboxylic acids is 1. The molecule has 0 aliphatic carbocycles. The number of hydrogen-bond acceptors (Lipinski definition) is 3. The zero-order valence-electron chi connectivity index (χ0n) is 16.0. The van der Waals surface area contributed by atoms with Crippen molar-refractivity contribution in [2.75, 3.05) is 26.1 Å². The smallest absolute Gasteiger partial charge is 0.322 e. The molecule has 1 aliphatic rings. The highest BCUT2D eigenvalue weighted by molar-refractivity contribution is 5.91.